The smallest absolute Gasteiger partial charge is 0.0593 e. The van der Waals surface area contributed by atoms with Gasteiger partial charge in [0.1, 0.15) is 0 Å². The Balaban J connectivity index is 3.06. The first-order chi connectivity index (χ1) is 6.81. The first kappa shape index (κ1) is 13.9. The summed E-state index contributed by atoms with van der Waals surface area (Å²) in [5.41, 5.74) is 5.42. The van der Waals surface area contributed by atoms with E-state index in [1.165, 1.54) is 32.2 Å². The van der Waals surface area contributed by atoms with Gasteiger partial charge in [0, 0.05) is 13.2 Å². The van der Waals surface area contributed by atoms with Crippen LogP contribution in [0.4, 0.5) is 0 Å². The Morgan fingerprint density at radius 1 is 1.07 bits per heavy atom. The molecule has 3 heteroatoms. The molecule has 14 heavy (non-hydrogen) atoms. The third kappa shape index (κ3) is 9.96. The average molecular weight is 202 g/mol. The van der Waals surface area contributed by atoms with Gasteiger partial charge in [0.2, 0.25) is 0 Å². The lowest BCUT2D eigenvalue weighted by Gasteiger charge is -2.15. The van der Waals surface area contributed by atoms with Crippen LogP contribution in [0.25, 0.3) is 0 Å². The van der Waals surface area contributed by atoms with Crippen LogP contribution >= 0.6 is 0 Å². The molecular weight excluding hydrogens is 176 g/mol. The molecule has 2 N–H and O–H groups in total. The van der Waals surface area contributed by atoms with Crippen molar-refractivity contribution in [3.05, 3.63) is 0 Å². The predicted molar refractivity (Wildman–Crippen MR) is 61.5 cm³/mol. The van der Waals surface area contributed by atoms with Gasteiger partial charge in [0.25, 0.3) is 0 Å². The molecule has 0 aromatic rings. The van der Waals surface area contributed by atoms with E-state index in [0.717, 1.165) is 26.3 Å². The van der Waals surface area contributed by atoms with Crippen molar-refractivity contribution in [3.63, 3.8) is 0 Å². The molecule has 0 saturated heterocycles. The molecule has 0 radical (unpaired) electrons. The van der Waals surface area contributed by atoms with Gasteiger partial charge in [-0.1, -0.05) is 12.8 Å². The predicted octanol–water partition coefficient (Wildman–Crippen LogP) is 1.47. The number of hydrogen-bond acceptors (Lipinski definition) is 3. The number of unbranched alkanes of at least 4 members (excludes halogenated alkanes) is 3. The fourth-order valence-corrected chi connectivity index (χ4v) is 1.36. The van der Waals surface area contributed by atoms with E-state index in [-0.39, 0.29) is 0 Å². The highest BCUT2D eigenvalue weighted by Gasteiger charge is 1.97. The van der Waals surface area contributed by atoms with Crippen molar-refractivity contribution in [2.75, 3.05) is 39.9 Å². The maximum Gasteiger partial charge on any atom is 0.0593 e. The number of ether oxygens (including phenoxy) is 1. The molecular formula is C11H26N2O. The summed E-state index contributed by atoms with van der Waals surface area (Å²) in [7, 11) is 2.15. The van der Waals surface area contributed by atoms with Gasteiger partial charge < -0.3 is 15.4 Å². The molecule has 0 amide bonds. The Hall–Kier alpha value is -0.120. The van der Waals surface area contributed by atoms with E-state index >= 15 is 0 Å². The molecule has 3 nitrogen and oxygen atoms in total. The lowest BCUT2D eigenvalue weighted by atomic mass is 10.2. The second-order valence-corrected chi connectivity index (χ2v) is 3.70. The van der Waals surface area contributed by atoms with Gasteiger partial charge in [-0.05, 0) is 39.9 Å². The summed E-state index contributed by atoms with van der Waals surface area (Å²) >= 11 is 0. The molecule has 0 unspecified atom stereocenters. The van der Waals surface area contributed by atoms with E-state index < -0.39 is 0 Å². The van der Waals surface area contributed by atoms with Crippen LogP contribution in [-0.2, 0) is 4.74 Å². The molecule has 0 aromatic carbocycles. The second-order valence-electron chi connectivity index (χ2n) is 3.70. The Labute approximate surface area is 88.6 Å². The molecule has 0 fully saturated rings. The van der Waals surface area contributed by atoms with Crippen molar-refractivity contribution in [2.24, 2.45) is 5.73 Å². The highest BCUT2D eigenvalue weighted by molar-refractivity contribution is 4.52. The van der Waals surface area contributed by atoms with E-state index in [1.807, 2.05) is 6.92 Å². The standard InChI is InChI=1S/C11H26N2O/c1-3-14-11-10-13(2)9-7-5-4-6-8-12/h3-12H2,1-2H3. The summed E-state index contributed by atoms with van der Waals surface area (Å²) < 4.78 is 5.29. The van der Waals surface area contributed by atoms with Crippen molar-refractivity contribution in [1.29, 1.82) is 0 Å². The average Bonchev–Trinajstić information content (AvgIpc) is 2.18. The summed E-state index contributed by atoms with van der Waals surface area (Å²) in [4.78, 5) is 2.33. The number of likely N-dealkylation sites (N-methyl/N-ethyl adjacent to an activating group) is 1. The van der Waals surface area contributed by atoms with E-state index in [9.17, 15) is 0 Å². The van der Waals surface area contributed by atoms with Crippen molar-refractivity contribution in [3.8, 4) is 0 Å². The van der Waals surface area contributed by atoms with Crippen LogP contribution < -0.4 is 5.73 Å². The number of nitrogens with two attached hydrogens (primary N) is 1. The van der Waals surface area contributed by atoms with Crippen LogP contribution in [0.2, 0.25) is 0 Å². The Morgan fingerprint density at radius 2 is 1.79 bits per heavy atom. The van der Waals surface area contributed by atoms with E-state index in [0.29, 0.717) is 0 Å². The fraction of sp³-hybridized carbons (Fsp3) is 1.00. The first-order valence-electron chi connectivity index (χ1n) is 5.77. The van der Waals surface area contributed by atoms with Gasteiger partial charge in [-0.15, -0.1) is 0 Å². The summed E-state index contributed by atoms with van der Waals surface area (Å²) in [5.74, 6) is 0. The molecule has 0 rings (SSSR count). The topological polar surface area (TPSA) is 38.5 Å². The SMILES string of the molecule is CCOCCN(C)CCCCCCN. The Bertz CT molecular complexity index is 109. The van der Waals surface area contributed by atoms with Crippen LogP contribution in [0.1, 0.15) is 32.6 Å². The fourth-order valence-electron chi connectivity index (χ4n) is 1.36. The highest BCUT2D eigenvalue weighted by Crippen LogP contribution is 1.99. The van der Waals surface area contributed by atoms with Crippen molar-refractivity contribution < 1.29 is 4.74 Å². The Kier molecular flexibility index (Phi) is 10.9. The highest BCUT2D eigenvalue weighted by atomic mass is 16.5. The maximum atomic E-state index is 5.42. The van der Waals surface area contributed by atoms with Crippen molar-refractivity contribution in [1.82, 2.24) is 4.90 Å². The van der Waals surface area contributed by atoms with Gasteiger partial charge in [-0.3, -0.25) is 0 Å². The zero-order valence-corrected chi connectivity index (χ0v) is 9.80. The second kappa shape index (κ2) is 11.0. The van der Waals surface area contributed by atoms with Crippen LogP contribution in [0, 0.1) is 0 Å². The van der Waals surface area contributed by atoms with Gasteiger partial charge in [0.15, 0.2) is 0 Å². The lowest BCUT2D eigenvalue weighted by Crippen LogP contribution is -2.24. The molecule has 86 valence electrons. The minimum atomic E-state index is 0.824. The normalized spacial score (nSPS) is 11.1. The van der Waals surface area contributed by atoms with Crippen LogP contribution in [0.15, 0.2) is 0 Å². The largest absolute Gasteiger partial charge is 0.380 e. The molecule has 0 aliphatic heterocycles. The third-order valence-corrected chi connectivity index (χ3v) is 2.32. The number of rotatable bonds is 10. The molecule has 0 heterocycles. The van der Waals surface area contributed by atoms with E-state index in [1.54, 1.807) is 0 Å². The maximum absolute atomic E-state index is 5.42. The summed E-state index contributed by atoms with van der Waals surface area (Å²) in [6.45, 7) is 6.77. The first-order valence-corrected chi connectivity index (χ1v) is 5.77. The van der Waals surface area contributed by atoms with Gasteiger partial charge >= 0.3 is 0 Å². The van der Waals surface area contributed by atoms with Crippen molar-refractivity contribution in [2.45, 2.75) is 32.6 Å². The molecule has 0 atom stereocenters. The molecule has 0 aromatic heterocycles. The van der Waals surface area contributed by atoms with E-state index in [2.05, 4.69) is 11.9 Å². The van der Waals surface area contributed by atoms with E-state index in [4.69, 9.17) is 10.5 Å². The zero-order valence-electron chi connectivity index (χ0n) is 9.80. The van der Waals surface area contributed by atoms with Crippen molar-refractivity contribution >= 4 is 0 Å². The monoisotopic (exact) mass is 202 g/mol. The van der Waals surface area contributed by atoms with Crippen LogP contribution in [0.3, 0.4) is 0 Å². The molecule has 0 saturated carbocycles. The summed E-state index contributed by atoms with van der Waals surface area (Å²) in [6.07, 6.45) is 5.03. The third-order valence-electron chi connectivity index (χ3n) is 2.32. The van der Waals surface area contributed by atoms with Gasteiger partial charge in [0.05, 0.1) is 6.61 Å². The summed E-state index contributed by atoms with van der Waals surface area (Å²) in [6, 6.07) is 0. The molecule has 0 aliphatic carbocycles. The van der Waals surface area contributed by atoms with Gasteiger partial charge in [-0.25, -0.2) is 0 Å². The van der Waals surface area contributed by atoms with Crippen LogP contribution in [-0.4, -0.2) is 44.8 Å². The minimum Gasteiger partial charge on any atom is -0.380 e. The number of hydrogen-bond donors (Lipinski definition) is 1. The zero-order chi connectivity index (χ0) is 10.6. The summed E-state index contributed by atoms with van der Waals surface area (Å²) in [5, 5.41) is 0. The lowest BCUT2D eigenvalue weighted by molar-refractivity contribution is 0.121. The number of nitrogens with zero attached hydrogens (tertiary/aromatic N) is 1. The Morgan fingerprint density at radius 3 is 2.43 bits per heavy atom. The quantitative estimate of drug-likeness (QED) is 0.545. The molecule has 0 aliphatic rings. The molecule has 0 bridgehead atoms. The minimum absolute atomic E-state index is 0.824. The van der Waals surface area contributed by atoms with Crippen LogP contribution in [0.5, 0.6) is 0 Å². The molecule has 0 spiro atoms. The van der Waals surface area contributed by atoms with Gasteiger partial charge in [-0.2, -0.15) is 0 Å².